The van der Waals surface area contributed by atoms with Gasteiger partial charge in [-0.25, -0.2) is 0 Å². The van der Waals surface area contributed by atoms with E-state index < -0.39 is 11.9 Å². The molecule has 1 heterocycles. The van der Waals surface area contributed by atoms with Gasteiger partial charge in [0.1, 0.15) is 6.54 Å². The van der Waals surface area contributed by atoms with Crippen molar-refractivity contribution in [1.29, 1.82) is 0 Å². The summed E-state index contributed by atoms with van der Waals surface area (Å²) in [6.45, 7) is 7.20. The summed E-state index contributed by atoms with van der Waals surface area (Å²) in [6, 6.07) is 8.31. The largest absolute Gasteiger partial charge is 0.456 e. The molecule has 0 fully saturated rings. The van der Waals surface area contributed by atoms with Crippen LogP contribution in [0.5, 0.6) is 0 Å². The van der Waals surface area contributed by atoms with Crippen LogP contribution in [0.4, 0.5) is 0 Å². The van der Waals surface area contributed by atoms with Crippen molar-refractivity contribution in [1.82, 2.24) is 9.88 Å². The number of carbonyl (C=O) groups excluding carboxylic acids is 3. The van der Waals surface area contributed by atoms with Gasteiger partial charge in [-0.1, -0.05) is 11.6 Å². The lowest BCUT2D eigenvalue weighted by Gasteiger charge is -2.13. The highest BCUT2D eigenvalue weighted by molar-refractivity contribution is 6.30. The Morgan fingerprint density at radius 1 is 1.15 bits per heavy atom. The molecule has 0 saturated heterocycles. The van der Waals surface area contributed by atoms with E-state index in [1.807, 2.05) is 27.7 Å². The number of hydrogen-bond acceptors (Lipinski definition) is 4. The number of nitrogens with zero attached hydrogens (tertiary/aromatic N) is 1. The Bertz CT molecular complexity index is 854. The Labute approximate surface area is 163 Å². The highest BCUT2D eigenvalue weighted by Crippen LogP contribution is 2.20. The number of rotatable bonds is 7. The van der Waals surface area contributed by atoms with E-state index in [1.165, 1.54) is 0 Å². The maximum atomic E-state index is 12.4. The van der Waals surface area contributed by atoms with E-state index in [4.69, 9.17) is 16.3 Å². The van der Waals surface area contributed by atoms with Gasteiger partial charge in [-0.2, -0.15) is 0 Å². The van der Waals surface area contributed by atoms with Crippen molar-refractivity contribution in [3.05, 3.63) is 57.9 Å². The molecule has 1 aromatic heterocycles. The average molecular weight is 391 g/mol. The van der Waals surface area contributed by atoms with Crippen LogP contribution in [-0.4, -0.2) is 35.4 Å². The molecule has 1 N–H and O–H groups in total. The third-order valence-electron chi connectivity index (χ3n) is 4.17. The second-order valence-electron chi connectivity index (χ2n) is 6.52. The molecule has 0 aliphatic heterocycles. The van der Waals surface area contributed by atoms with Gasteiger partial charge in [0.25, 0.3) is 5.91 Å². The fourth-order valence-electron chi connectivity index (χ4n) is 2.98. The number of benzene rings is 1. The maximum absolute atomic E-state index is 12.4. The van der Waals surface area contributed by atoms with Crippen LogP contribution in [0.1, 0.15) is 52.0 Å². The van der Waals surface area contributed by atoms with Crippen molar-refractivity contribution in [3.63, 3.8) is 0 Å². The van der Waals surface area contributed by atoms with Crippen molar-refractivity contribution in [3.8, 4) is 0 Å². The third kappa shape index (κ3) is 5.20. The molecule has 0 bridgehead atoms. The Hall–Kier alpha value is -2.60. The first-order valence-corrected chi connectivity index (χ1v) is 8.99. The van der Waals surface area contributed by atoms with E-state index in [1.54, 1.807) is 30.3 Å². The summed E-state index contributed by atoms with van der Waals surface area (Å²) in [5, 5.41) is 2.96. The minimum Gasteiger partial charge on any atom is -0.456 e. The van der Waals surface area contributed by atoms with Gasteiger partial charge in [-0.3, -0.25) is 14.4 Å². The van der Waals surface area contributed by atoms with Crippen molar-refractivity contribution < 1.29 is 19.1 Å². The Morgan fingerprint density at radius 3 is 2.33 bits per heavy atom. The first-order chi connectivity index (χ1) is 12.7. The van der Waals surface area contributed by atoms with Crippen LogP contribution in [-0.2, 0) is 9.53 Å². The Balaban J connectivity index is 1.86. The van der Waals surface area contributed by atoms with Gasteiger partial charge < -0.3 is 14.6 Å². The molecule has 27 heavy (non-hydrogen) atoms. The summed E-state index contributed by atoms with van der Waals surface area (Å²) in [4.78, 5) is 36.1. The minimum absolute atomic E-state index is 0.234. The SMILES string of the molecule is Cc1cc(C(=O)COC(=O)CNC(=O)c2ccc(Cl)cc2)c(C)n1C(C)C. The molecule has 0 aliphatic rings. The van der Waals surface area contributed by atoms with Crippen LogP contribution in [0.3, 0.4) is 0 Å². The standard InChI is InChI=1S/C20H23ClN2O4/c1-12(2)23-13(3)9-17(14(23)4)18(24)11-27-19(25)10-22-20(26)15-5-7-16(21)8-6-15/h5-9,12H,10-11H2,1-4H3,(H,22,26). The van der Waals surface area contributed by atoms with Crippen molar-refractivity contribution in [2.45, 2.75) is 33.7 Å². The predicted octanol–water partition coefficient (Wildman–Crippen LogP) is 3.50. The number of nitrogens with one attached hydrogen (secondary N) is 1. The molecule has 0 unspecified atom stereocenters. The fraction of sp³-hybridized carbons (Fsp3) is 0.350. The van der Waals surface area contributed by atoms with Gasteiger partial charge in [0.15, 0.2) is 6.61 Å². The number of carbonyl (C=O) groups is 3. The Kier molecular flexibility index (Phi) is 6.80. The number of amides is 1. The predicted molar refractivity (Wildman–Crippen MR) is 103 cm³/mol. The number of ketones is 1. The molecule has 6 nitrogen and oxygen atoms in total. The van der Waals surface area contributed by atoms with Gasteiger partial charge in [0.05, 0.1) is 0 Å². The lowest BCUT2D eigenvalue weighted by molar-refractivity contribution is -0.141. The highest BCUT2D eigenvalue weighted by atomic mass is 35.5. The smallest absolute Gasteiger partial charge is 0.325 e. The van der Waals surface area contributed by atoms with Crippen LogP contribution < -0.4 is 5.32 Å². The molecule has 2 rings (SSSR count). The molecule has 0 aliphatic carbocycles. The monoisotopic (exact) mass is 390 g/mol. The molecular weight excluding hydrogens is 368 g/mol. The molecular formula is C20H23ClN2O4. The Morgan fingerprint density at radius 2 is 1.78 bits per heavy atom. The lowest BCUT2D eigenvalue weighted by Crippen LogP contribution is -2.31. The summed E-state index contributed by atoms with van der Waals surface area (Å²) in [5.41, 5.74) is 2.75. The normalized spacial score (nSPS) is 10.7. The summed E-state index contributed by atoms with van der Waals surface area (Å²) >= 11 is 5.77. The van der Waals surface area contributed by atoms with Gasteiger partial charge in [-0.05, 0) is 58.0 Å². The molecule has 7 heteroatoms. The van der Waals surface area contributed by atoms with E-state index in [0.717, 1.165) is 11.4 Å². The van der Waals surface area contributed by atoms with Crippen molar-refractivity contribution in [2.75, 3.05) is 13.2 Å². The molecule has 0 spiro atoms. The van der Waals surface area contributed by atoms with Crippen LogP contribution in [0.25, 0.3) is 0 Å². The third-order valence-corrected chi connectivity index (χ3v) is 4.42. The zero-order valence-corrected chi connectivity index (χ0v) is 16.6. The molecule has 1 aromatic carbocycles. The van der Waals surface area contributed by atoms with Gasteiger partial charge in [-0.15, -0.1) is 0 Å². The van der Waals surface area contributed by atoms with Crippen LogP contribution >= 0.6 is 11.6 Å². The zero-order valence-electron chi connectivity index (χ0n) is 15.8. The van der Waals surface area contributed by atoms with Gasteiger partial charge in [0.2, 0.25) is 5.78 Å². The van der Waals surface area contributed by atoms with Gasteiger partial charge >= 0.3 is 5.97 Å². The second-order valence-corrected chi connectivity index (χ2v) is 6.96. The number of esters is 1. The van der Waals surface area contributed by atoms with Crippen LogP contribution in [0.15, 0.2) is 30.3 Å². The topological polar surface area (TPSA) is 77.4 Å². The van der Waals surface area contributed by atoms with Crippen LogP contribution in [0, 0.1) is 13.8 Å². The van der Waals surface area contributed by atoms with Crippen molar-refractivity contribution in [2.24, 2.45) is 0 Å². The molecule has 0 radical (unpaired) electrons. The van der Waals surface area contributed by atoms with Gasteiger partial charge in [0, 0.05) is 33.6 Å². The molecule has 1 amide bonds. The fourth-order valence-corrected chi connectivity index (χ4v) is 3.11. The highest BCUT2D eigenvalue weighted by Gasteiger charge is 2.18. The number of hydrogen-bond donors (Lipinski definition) is 1. The number of aryl methyl sites for hydroxylation is 1. The average Bonchev–Trinajstić information content (AvgIpc) is 2.92. The lowest BCUT2D eigenvalue weighted by atomic mass is 10.1. The summed E-state index contributed by atoms with van der Waals surface area (Å²) in [5.74, 6) is -1.37. The molecule has 0 atom stereocenters. The molecule has 2 aromatic rings. The minimum atomic E-state index is -0.677. The van der Waals surface area contributed by atoms with E-state index in [0.29, 0.717) is 16.1 Å². The second kappa shape index (κ2) is 8.86. The van der Waals surface area contributed by atoms with Crippen molar-refractivity contribution >= 4 is 29.3 Å². The number of aromatic nitrogens is 1. The summed E-state index contributed by atoms with van der Waals surface area (Å²) in [6.07, 6.45) is 0. The first kappa shape index (κ1) is 20.7. The maximum Gasteiger partial charge on any atom is 0.325 e. The number of ether oxygens (including phenoxy) is 1. The van der Waals surface area contributed by atoms with E-state index >= 15 is 0 Å². The van der Waals surface area contributed by atoms with E-state index in [-0.39, 0.29) is 25.0 Å². The summed E-state index contributed by atoms with van der Waals surface area (Å²) in [7, 11) is 0. The van der Waals surface area contributed by atoms with E-state index in [2.05, 4.69) is 9.88 Å². The first-order valence-electron chi connectivity index (χ1n) is 8.61. The number of Topliss-reactive ketones (excluding diaryl/α,β-unsaturated/α-hetero) is 1. The van der Waals surface area contributed by atoms with E-state index in [9.17, 15) is 14.4 Å². The number of halogens is 1. The quantitative estimate of drug-likeness (QED) is 0.579. The molecule has 0 saturated carbocycles. The van der Waals surface area contributed by atoms with Crippen LogP contribution in [0.2, 0.25) is 5.02 Å². The molecule has 144 valence electrons. The zero-order chi connectivity index (χ0) is 20.1. The summed E-state index contributed by atoms with van der Waals surface area (Å²) < 4.78 is 7.05.